The molecule has 0 aromatic heterocycles. The fraction of sp³-hybridized carbons (Fsp3) is 0.571. The van der Waals surface area contributed by atoms with Crippen molar-refractivity contribution in [1.29, 1.82) is 0 Å². The molecule has 1 aromatic carbocycles. The lowest BCUT2D eigenvalue weighted by molar-refractivity contribution is 0.405. The topological polar surface area (TPSA) is 63.4 Å². The number of hydrogen-bond donors (Lipinski definition) is 1. The lowest BCUT2D eigenvalue weighted by Gasteiger charge is -2.22. The van der Waals surface area contributed by atoms with Crippen LogP contribution in [0.15, 0.2) is 23.1 Å². The van der Waals surface area contributed by atoms with Gasteiger partial charge in [-0.25, -0.2) is 8.42 Å². The first-order valence-corrected chi connectivity index (χ1v) is 8.12. The molecule has 2 rings (SSSR count). The van der Waals surface area contributed by atoms with Crippen LogP contribution in [0.5, 0.6) is 0 Å². The third kappa shape index (κ3) is 2.55. The number of hydrogen-bond acceptors (Lipinski definition) is 3. The van der Waals surface area contributed by atoms with Gasteiger partial charge in [-0.15, -0.1) is 0 Å². The molecule has 1 heterocycles. The van der Waals surface area contributed by atoms with Crippen molar-refractivity contribution in [3.63, 3.8) is 0 Å². The predicted octanol–water partition coefficient (Wildman–Crippen LogP) is 1.87. The van der Waals surface area contributed by atoms with Gasteiger partial charge < -0.3 is 5.73 Å². The number of rotatable bonds is 3. The summed E-state index contributed by atoms with van der Waals surface area (Å²) in [5, 5.41) is 0. The Hall–Kier alpha value is -0.910. The van der Waals surface area contributed by atoms with Crippen LogP contribution in [0.25, 0.3) is 0 Å². The second-order valence-corrected chi connectivity index (χ2v) is 7.37. The van der Waals surface area contributed by atoms with Gasteiger partial charge in [0, 0.05) is 19.1 Å². The van der Waals surface area contributed by atoms with Crippen molar-refractivity contribution in [3.05, 3.63) is 29.3 Å². The van der Waals surface area contributed by atoms with E-state index in [1.807, 2.05) is 19.9 Å². The number of nitrogens with zero attached hydrogens (tertiary/aromatic N) is 1. The summed E-state index contributed by atoms with van der Waals surface area (Å²) in [5.41, 5.74) is 7.32. The van der Waals surface area contributed by atoms with Crippen LogP contribution >= 0.6 is 0 Å². The lowest BCUT2D eigenvalue weighted by atomic mass is 10.1. The van der Waals surface area contributed by atoms with E-state index in [4.69, 9.17) is 5.73 Å². The molecule has 2 atom stereocenters. The van der Waals surface area contributed by atoms with E-state index in [0.29, 0.717) is 23.9 Å². The SMILES string of the molecule is Cc1c(CN)cccc1S(=O)(=O)N1CC(C)CC1C. The Bertz CT molecular complexity index is 569. The molecule has 1 aromatic rings. The van der Waals surface area contributed by atoms with E-state index in [2.05, 4.69) is 6.92 Å². The second kappa shape index (κ2) is 5.23. The molecular weight excluding hydrogens is 260 g/mol. The van der Waals surface area contributed by atoms with Crippen LogP contribution in [-0.2, 0) is 16.6 Å². The van der Waals surface area contributed by atoms with Crippen LogP contribution in [0.4, 0.5) is 0 Å². The van der Waals surface area contributed by atoms with Crippen molar-refractivity contribution in [1.82, 2.24) is 4.31 Å². The number of sulfonamides is 1. The zero-order valence-corrected chi connectivity index (χ0v) is 12.6. The van der Waals surface area contributed by atoms with Crippen LogP contribution in [0, 0.1) is 12.8 Å². The Morgan fingerprint density at radius 1 is 1.37 bits per heavy atom. The van der Waals surface area contributed by atoms with Crippen molar-refractivity contribution in [2.24, 2.45) is 11.7 Å². The van der Waals surface area contributed by atoms with Crippen LogP contribution < -0.4 is 5.73 Å². The van der Waals surface area contributed by atoms with Gasteiger partial charge in [0.25, 0.3) is 0 Å². The molecule has 1 aliphatic heterocycles. The van der Waals surface area contributed by atoms with Gasteiger partial charge in [-0.2, -0.15) is 4.31 Å². The van der Waals surface area contributed by atoms with Crippen LogP contribution in [0.2, 0.25) is 0 Å². The van der Waals surface area contributed by atoms with E-state index in [9.17, 15) is 8.42 Å². The molecule has 0 amide bonds. The molecule has 4 nitrogen and oxygen atoms in total. The summed E-state index contributed by atoms with van der Waals surface area (Å²) in [7, 11) is -3.41. The molecule has 106 valence electrons. The first-order valence-electron chi connectivity index (χ1n) is 6.68. The van der Waals surface area contributed by atoms with E-state index >= 15 is 0 Å². The highest BCUT2D eigenvalue weighted by atomic mass is 32.2. The third-order valence-corrected chi connectivity index (χ3v) is 6.05. The maximum atomic E-state index is 12.8. The van der Waals surface area contributed by atoms with Gasteiger partial charge in [-0.05, 0) is 43.4 Å². The highest BCUT2D eigenvalue weighted by Gasteiger charge is 2.36. The molecule has 0 spiro atoms. The summed E-state index contributed by atoms with van der Waals surface area (Å²) in [6.45, 7) is 6.87. The van der Waals surface area contributed by atoms with Gasteiger partial charge in [0.15, 0.2) is 0 Å². The zero-order valence-electron chi connectivity index (χ0n) is 11.8. The summed E-state index contributed by atoms with van der Waals surface area (Å²) >= 11 is 0. The maximum absolute atomic E-state index is 12.8. The van der Waals surface area contributed by atoms with Gasteiger partial charge in [-0.3, -0.25) is 0 Å². The fourth-order valence-corrected chi connectivity index (χ4v) is 4.92. The van der Waals surface area contributed by atoms with Gasteiger partial charge in [0.2, 0.25) is 10.0 Å². The minimum absolute atomic E-state index is 0.0703. The van der Waals surface area contributed by atoms with Gasteiger partial charge in [-0.1, -0.05) is 19.1 Å². The quantitative estimate of drug-likeness (QED) is 0.920. The van der Waals surface area contributed by atoms with Gasteiger partial charge >= 0.3 is 0 Å². The van der Waals surface area contributed by atoms with Crippen LogP contribution in [0.1, 0.15) is 31.4 Å². The highest BCUT2D eigenvalue weighted by molar-refractivity contribution is 7.89. The van der Waals surface area contributed by atoms with E-state index < -0.39 is 10.0 Å². The lowest BCUT2D eigenvalue weighted by Crippen LogP contribution is -2.34. The van der Waals surface area contributed by atoms with Crippen molar-refractivity contribution in [2.45, 2.75) is 44.7 Å². The van der Waals surface area contributed by atoms with E-state index in [-0.39, 0.29) is 6.04 Å². The molecule has 0 radical (unpaired) electrons. The largest absolute Gasteiger partial charge is 0.326 e. The Balaban J connectivity index is 2.46. The summed E-state index contributed by atoms with van der Waals surface area (Å²) in [4.78, 5) is 0.399. The molecule has 19 heavy (non-hydrogen) atoms. The maximum Gasteiger partial charge on any atom is 0.243 e. The van der Waals surface area contributed by atoms with Crippen molar-refractivity contribution in [3.8, 4) is 0 Å². The molecule has 2 unspecified atom stereocenters. The molecule has 0 saturated carbocycles. The molecule has 1 aliphatic rings. The van der Waals surface area contributed by atoms with Crippen LogP contribution in [0.3, 0.4) is 0 Å². The third-order valence-electron chi connectivity index (χ3n) is 3.93. The summed E-state index contributed by atoms with van der Waals surface area (Å²) < 4.78 is 27.2. The standard InChI is InChI=1S/C14H22N2O2S/c1-10-7-11(2)16(9-10)19(17,18)14-6-4-5-13(8-15)12(14)3/h4-6,10-11H,7-9,15H2,1-3H3. The summed E-state index contributed by atoms with van der Waals surface area (Å²) in [6.07, 6.45) is 0.925. The average molecular weight is 282 g/mol. The molecule has 0 aliphatic carbocycles. The Kier molecular flexibility index (Phi) is 3.99. The summed E-state index contributed by atoms with van der Waals surface area (Å²) in [6, 6.07) is 5.40. The molecule has 0 bridgehead atoms. The zero-order chi connectivity index (χ0) is 14.2. The van der Waals surface area contributed by atoms with Gasteiger partial charge in [0.1, 0.15) is 0 Å². The van der Waals surface area contributed by atoms with Crippen molar-refractivity contribution in [2.75, 3.05) is 6.54 Å². The first-order chi connectivity index (χ1) is 8.87. The molecule has 5 heteroatoms. The van der Waals surface area contributed by atoms with Crippen LogP contribution in [-0.4, -0.2) is 25.3 Å². The monoisotopic (exact) mass is 282 g/mol. The van der Waals surface area contributed by atoms with E-state index in [1.165, 1.54) is 0 Å². The van der Waals surface area contributed by atoms with Crippen molar-refractivity contribution >= 4 is 10.0 Å². The minimum atomic E-state index is -3.41. The number of benzene rings is 1. The second-order valence-electron chi connectivity index (χ2n) is 5.51. The molecule has 2 N–H and O–H groups in total. The average Bonchev–Trinajstić information content (AvgIpc) is 2.69. The Morgan fingerprint density at radius 2 is 2.05 bits per heavy atom. The first kappa shape index (κ1) is 14.5. The Morgan fingerprint density at radius 3 is 2.58 bits per heavy atom. The number of nitrogens with two attached hydrogens (primary N) is 1. The smallest absolute Gasteiger partial charge is 0.243 e. The molecule has 1 saturated heterocycles. The normalized spacial score (nSPS) is 24.8. The Labute approximate surface area is 115 Å². The molecular formula is C14H22N2O2S. The predicted molar refractivity (Wildman–Crippen MR) is 76.2 cm³/mol. The highest BCUT2D eigenvalue weighted by Crippen LogP contribution is 2.31. The van der Waals surface area contributed by atoms with E-state index in [0.717, 1.165) is 17.5 Å². The molecule has 1 fully saturated rings. The fourth-order valence-electron chi connectivity index (χ4n) is 2.88. The van der Waals surface area contributed by atoms with E-state index in [1.54, 1.807) is 16.4 Å². The van der Waals surface area contributed by atoms with Gasteiger partial charge in [0.05, 0.1) is 4.90 Å². The summed E-state index contributed by atoms with van der Waals surface area (Å²) in [5.74, 6) is 0.419. The van der Waals surface area contributed by atoms with Crippen molar-refractivity contribution < 1.29 is 8.42 Å². The minimum Gasteiger partial charge on any atom is -0.326 e.